The molecule has 0 fully saturated rings. The van der Waals surface area contributed by atoms with E-state index < -0.39 is 9.85 Å². The number of thiocarbonyl (C=S) groups is 2. The van der Waals surface area contributed by atoms with Crippen molar-refractivity contribution in [2.24, 2.45) is 0 Å². The van der Waals surface area contributed by atoms with Crippen molar-refractivity contribution in [3.05, 3.63) is 117 Å². The van der Waals surface area contributed by atoms with Crippen LogP contribution < -0.4 is 21.3 Å². The van der Waals surface area contributed by atoms with Gasteiger partial charge in [0.1, 0.15) is 0 Å². The molecule has 4 aromatic carbocycles. The van der Waals surface area contributed by atoms with E-state index in [0.29, 0.717) is 21.6 Å². The third kappa shape index (κ3) is 8.13. The molecule has 0 amide bonds. The van der Waals surface area contributed by atoms with Crippen molar-refractivity contribution >= 4 is 90.4 Å². The summed E-state index contributed by atoms with van der Waals surface area (Å²) in [6.45, 7) is 0. The van der Waals surface area contributed by atoms with E-state index in [-0.39, 0.29) is 11.4 Å². The van der Waals surface area contributed by atoms with Crippen molar-refractivity contribution in [2.45, 2.75) is 9.79 Å². The molecule has 0 aliphatic rings. The zero-order valence-corrected chi connectivity index (χ0v) is 23.7. The number of nitrogens with zero attached hydrogens (tertiary/aromatic N) is 2. The van der Waals surface area contributed by atoms with Crippen LogP contribution >= 0.6 is 46.0 Å². The number of benzene rings is 4. The van der Waals surface area contributed by atoms with Gasteiger partial charge in [0.15, 0.2) is 10.2 Å². The van der Waals surface area contributed by atoms with Crippen LogP contribution in [0.1, 0.15) is 0 Å². The Morgan fingerprint density at radius 1 is 0.550 bits per heavy atom. The molecule has 0 saturated heterocycles. The van der Waals surface area contributed by atoms with Gasteiger partial charge in [-0.2, -0.15) is 0 Å². The Hall–Kier alpha value is -4.24. The zero-order chi connectivity index (χ0) is 28.5. The summed E-state index contributed by atoms with van der Waals surface area (Å²) in [5.74, 6) is 0. The average Bonchev–Trinajstić information content (AvgIpc) is 2.94. The molecule has 0 aliphatic carbocycles. The summed E-state index contributed by atoms with van der Waals surface area (Å²) in [6.07, 6.45) is 0. The molecule has 0 aliphatic heterocycles. The summed E-state index contributed by atoms with van der Waals surface area (Å²) in [6, 6.07) is 27.4. The maximum atomic E-state index is 10.9. The second-order valence-corrected chi connectivity index (χ2v) is 11.0. The molecule has 40 heavy (non-hydrogen) atoms. The Bertz CT molecular complexity index is 1430. The van der Waals surface area contributed by atoms with Crippen LogP contribution in [0.5, 0.6) is 0 Å². The first-order valence-corrected chi connectivity index (χ1v) is 14.4. The fourth-order valence-corrected chi connectivity index (χ4v) is 6.01. The SMILES string of the molecule is O=[N+]([O-])c1ccc(NC(=S)Nc2ccccc2SSc2ccccc2NC(=S)Nc2ccc([N+](=O)[O-])cc2)cc1. The molecular weight excluding hydrogens is 589 g/mol. The molecule has 4 N–H and O–H groups in total. The molecule has 0 bridgehead atoms. The minimum Gasteiger partial charge on any atom is -0.332 e. The molecule has 0 radical (unpaired) electrons. The van der Waals surface area contributed by atoms with Crippen LogP contribution in [-0.4, -0.2) is 20.1 Å². The fourth-order valence-electron chi connectivity index (χ4n) is 3.28. The summed E-state index contributed by atoms with van der Waals surface area (Å²) in [7, 11) is 3.05. The Labute approximate surface area is 247 Å². The first-order chi connectivity index (χ1) is 19.3. The van der Waals surface area contributed by atoms with Crippen LogP contribution in [-0.2, 0) is 0 Å². The second kappa shape index (κ2) is 13.7. The van der Waals surface area contributed by atoms with Crippen LogP contribution in [0.4, 0.5) is 34.1 Å². The van der Waals surface area contributed by atoms with E-state index >= 15 is 0 Å². The quantitative estimate of drug-likeness (QED) is 0.0636. The molecular formula is C26H20N6O4S4. The van der Waals surface area contributed by atoms with Crippen LogP contribution in [0.3, 0.4) is 0 Å². The summed E-state index contributed by atoms with van der Waals surface area (Å²) in [4.78, 5) is 22.7. The third-order valence-corrected chi connectivity index (χ3v) is 8.05. The van der Waals surface area contributed by atoms with Gasteiger partial charge >= 0.3 is 0 Å². The topological polar surface area (TPSA) is 134 Å². The molecule has 0 atom stereocenters. The number of rotatable bonds is 9. The number of nitrogens with one attached hydrogen (secondary N) is 4. The van der Waals surface area contributed by atoms with Crippen LogP contribution in [0.15, 0.2) is 107 Å². The maximum absolute atomic E-state index is 10.9. The van der Waals surface area contributed by atoms with Gasteiger partial charge in [-0.25, -0.2) is 0 Å². The summed E-state index contributed by atoms with van der Waals surface area (Å²) in [5, 5.41) is 34.8. The summed E-state index contributed by atoms with van der Waals surface area (Å²) >= 11 is 10.9. The van der Waals surface area contributed by atoms with E-state index in [4.69, 9.17) is 24.4 Å². The Kier molecular flexibility index (Phi) is 9.86. The monoisotopic (exact) mass is 608 g/mol. The highest BCUT2D eigenvalue weighted by atomic mass is 33.1. The first-order valence-electron chi connectivity index (χ1n) is 11.5. The lowest BCUT2D eigenvalue weighted by molar-refractivity contribution is -0.385. The molecule has 0 saturated carbocycles. The number of nitro groups is 2. The average molecular weight is 609 g/mol. The second-order valence-electron chi connectivity index (χ2n) is 7.93. The lowest BCUT2D eigenvalue weighted by Crippen LogP contribution is -2.19. The van der Waals surface area contributed by atoms with E-state index in [2.05, 4.69) is 21.3 Å². The molecule has 4 rings (SSSR count). The zero-order valence-electron chi connectivity index (χ0n) is 20.4. The minimum atomic E-state index is -0.456. The third-order valence-electron chi connectivity index (χ3n) is 5.16. The van der Waals surface area contributed by atoms with Gasteiger partial charge < -0.3 is 21.3 Å². The van der Waals surface area contributed by atoms with Gasteiger partial charge in [-0.05, 0) is 73.0 Å². The number of hydrogen-bond donors (Lipinski definition) is 4. The molecule has 0 aromatic heterocycles. The first kappa shape index (κ1) is 28.8. The molecule has 0 unspecified atom stereocenters. The number of anilines is 4. The molecule has 202 valence electrons. The van der Waals surface area contributed by atoms with Crippen LogP contribution in [0, 0.1) is 20.2 Å². The molecule has 14 heteroatoms. The maximum Gasteiger partial charge on any atom is 0.269 e. The highest BCUT2D eigenvalue weighted by Gasteiger charge is 2.11. The molecule has 0 heterocycles. The van der Waals surface area contributed by atoms with Crippen molar-refractivity contribution in [1.82, 2.24) is 0 Å². The Morgan fingerprint density at radius 2 is 0.900 bits per heavy atom. The van der Waals surface area contributed by atoms with Gasteiger partial charge in [0.25, 0.3) is 11.4 Å². The lowest BCUT2D eigenvalue weighted by Gasteiger charge is -2.15. The van der Waals surface area contributed by atoms with E-state index in [0.717, 1.165) is 21.2 Å². The van der Waals surface area contributed by atoms with Crippen molar-refractivity contribution in [3.63, 3.8) is 0 Å². The summed E-state index contributed by atoms with van der Waals surface area (Å²) < 4.78 is 0. The number of hydrogen-bond acceptors (Lipinski definition) is 8. The van der Waals surface area contributed by atoms with Crippen molar-refractivity contribution in [3.8, 4) is 0 Å². The van der Waals surface area contributed by atoms with Crippen molar-refractivity contribution in [1.29, 1.82) is 0 Å². The predicted octanol–water partition coefficient (Wildman–Crippen LogP) is 7.92. The van der Waals surface area contributed by atoms with Crippen LogP contribution in [0.25, 0.3) is 0 Å². The smallest absolute Gasteiger partial charge is 0.269 e. The standard InChI is InChI=1S/C26H20N6O4S4/c33-31(34)19-13-9-17(10-14-19)27-25(37)29-21-5-1-3-7-23(21)39-40-24-8-4-2-6-22(24)30-26(38)28-18-11-15-20(16-12-18)32(35)36/h1-16H,(H2,27,29,37)(H2,28,30,38). The number of non-ortho nitro benzene ring substituents is 2. The highest BCUT2D eigenvalue weighted by molar-refractivity contribution is 8.76. The van der Waals surface area contributed by atoms with Crippen LogP contribution in [0.2, 0.25) is 0 Å². The Morgan fingerprint density at radius 3 is 1.25 bits per heavy atom. The van der Waals surface area contributed by atoms with Gasteiger partial charge in [0.05, 0.1) is 21.2 Å². The van der Waals surface area contributed by atoms with Gasteiger partial charge in [-0.3, -0.25) is 20.2 Å². The molecule has 10 nitrogen and oxygen atoms in total. The van der Waals surface area contributed by atoms with Gasteiger partial charge in [0.2, 0.25) is 0 Å². The van der Waals surface area contributed by atoms with Gasteiger partial charge in [-0.15, -0.1) is 0 Å². The minimum absolute atomic E-state index is 0.000797. The summed E-state index contributed by atoms with van der Waals surface area (Å²) in [5.41, 5.74) is 2.84. The normalized spacial score (nSPS) is 10.3. The number of nitro benzene ring substituents is 2. The Balaban J connectivity index is 1.37. The van der Waals surface area contributed by atoms with Gasteiger partial charge in [0, 0.05) is 45.4 Å². The molecule has 0 spiro atoms. The van der Waals surface area contributed by atoms with E-state index in [9.17, 15) is 20.2 Å². The van der Waals surface area contributed by atoms with E-state index in [1.807, 2.05) is 48.5 Å². The number of para-hydroxylation sites is 2. The van der Waals surface area contributed by atoms with Crippen molar-refractivity contribution < 1.29 is 9.85 Å². The lowest BCUT2D eigenvalue weighted by atomic mass is 10.3. The fraction of sp³-hybridized carbons (Fsp3) is 0. The highest BCUT2D eigenvalue weighted by Crippen LogP contribution is 2.43. The van der Waals surface area contributed by atoms with E-state index in [1.165, 1.54) is 45.9 Å². The van der Waals surface area contributed by atoms with Crippen molar-refractivity contribution in [2.75, 3.05) is 21.3 Å². The predicted molar refractivity (Wildman–Crippen MR) is 170 cm³/mol. The van der Waals surface area contributed by atoms with E-state index in [1.54, 1.807) is 24.3 Å². The molecule has 4 aromatic rings. The largest absolute Gasteiger partial charge is 0.332 e. The van der Waals surface area contributed by atoms with Gasteiger partial charge in [-0.1, -0.05) is 45.9 Å².